The van der Waals surface area contributed by atoms with Gasteiger partial charge in [-0.1, -0.05) is 30.3 Å². The zero-order chi connectivity index (χ0) is 17.1. The fourth-order valence-electron chi connectivity index (χ4n) is 3.25. The van der Waals surface area contributed by atoms with Crippen LogP contribution in [0.15, 0.2) is 42.7 Å². The molecular weight excluding hydrogens is 318 g/mol. The fraction of sp³-hybridized carbons (Fsp3) is 0.389. The van der Waals surface area contributed by atoms with E-state index in [4.69, 9.17) is 14.5 Å². The molecule has 7 heteroatoms. The number of rotatable bonds is 4. The molecule has 1 aliphatic rings. The molecular formula is C18H21N5O2. The number of benzene rings is 1. The number of nitrogens with zero attached hydrogens (tertiary/aromatic N) is 5. The van der Waals surface area contributed by atoms with Crippen molar-refractivity contribution in [2.45, 2.75) is 12.5 Å². The molecule has 0 N–H and O–H groups in total. The van der Waals surface area contributed by atoms with Gasteiger partial charge in [0.15, 0.2) is 0 Å². The van der Waals surface area contributed by atoms with E-state index in [1.807, 2.05) is 18.2 Å². The minimum Gasteiger partial charge on any atom is -0.383 e. The van der Waals surface area contributed by atoms with E-state index in [2.05, 4.69) is 33.2 Å². The highest BCUT2D eigenvalue weighted by Gasteiger charge is 2.24. The monoisotopic (exact) mass is 339 g/mol. The fourth-order valence-corrected chi connectivity index (χ4v) is 3.25. The molecule has 1 aromatic carbocycles. The third-order valence-electron chi connectivity index (χ3n) is 4.47. The molecule has 130 valence electrons. The molecule has 1 unspecified atom stereocenters. The molecule has 0 spiro atoms. The summed E-state index contributed by atoms with van der Waals surface area (Å²) in [7, 11) is 1.73. The molecule has 1 fully saturated rings. The molecule has 4 rings (SSSR count). The Morgan fingerprint density at radius 3 is 2.96 bits per heavy atom. The number of hydrogen-bond acceptors (Lipinski definition) is 6. The second-order valence-corrected chi connectivity index (χ2v) is 6.04. The van der Waals surface area contributed by atoms with Crippen molar-refractivity contribution in [2.75, 3.05) is 38.4 Å². The van der Waals surface area contributed by atoms with Crippen molar-refractivity contribution in [1.82, 2.24) is 19.6 Å². The Balaban J connectivity index is 1.81. The van der Waals surface area contributed by atoms with Gasteiger partial charge in [-0.15, -0.1) is 0 Å². The number of ether oxygens (including phenoxy) is 2. The zero-order valence-electron chi connectivity index (χ0n) is 14.2. The second kappa shape index (κ2) is 7.16. The molecule has 0 radical (unpaired) electrons. The predicted molar refractivity (Wildman–Crippen MR) is 94.7 cm³/mol. The second-order valence-electron chi connectivity index (χ2n) is 6.04. The Morgan fingerprint density at radius 2 is 2.12 bits per heavy atom. The summed E-state index contributed by atoms with van der Waals surface area (Å²) in [6, 6.07) is 12.5. The van der Waals surface area contributed by atoms with E-state index >= 15 is 0 Å². The Kier molecular flexibility index (Phi) is 4.58. The Bertz CT molecular complexity index is 836. The van der Waals surface area contributed by atoms with Gasteiger partial charge in [0.25, 0.3) is 5.78 Å². The van der Waals surface area contributed by atoms with Gasteiger partial charge >= 0.3 is 0 Å². The van der Waals surface area contributed by atoms with Crippen molar-refractivity contribution in [3.8, 4) is 11.3 Å². The first-order chi connectivity index (χ1) is 12.4. The zero-order valence-corrected chi connectivity index (χ0v) is 14.2. The first-order valence-corrected chi connectivity index (χ1v) is 8.46. The molecule has 0 bridgehead atoms. The van der Waals surface area contributed by atoms with Gasteiger partial charge in [-0.25, -0.2) is 0 Å². The molecule has 1 atom stereocenters. The number of aromatic nitrogens is 4. The molecule has 2 aromatic heterocycles. The molecule has 0 saturated carbocycles. The van der Waals surface area contributed by atoms with E-state index in [-0.39, 0.29) is 6.04 Å². The Hall–Kier alpha value is -2.51. The SMILES string of the molecule is COCC1CCOCCN1c1cc(-c2ccccc2)n2ncnc2n1. The van der Waals surface area contributed by atoms with E-state index in [9.17, 15) is 0 Å². The van der Waals surface area contributed by atoms with Gasteiger partial charge in [0.05, 0.1) is 24.9 Å². The van der Waals surface area contributed by atoms with Crippen molar-refractivity contribution >= 4 is 11.6 Å². The van der Waals surface area contributed by atoms with Crippen molar-refractivity contribution < 1.29 is 9.47 Å². The number of fused-ring (bicyclic) bond motifs is 1. The van der Waals surface area contributed by atoms with Crippen LogP contribution in [-0.2, 0) is 9.47 Å². The standard InChI is InChI=1S/C18H21N5O2/c1-24-12-15-7-9-25-10-8-22(15)17-11-16(14-5-3-2-4-6-14)23-18(21-17)19-13-20-23/h2-6,11,13,15H,7-10,12H2,1H3. The topological polar surface area (TPSA) is 64.8 Å². The molecule has 7 nitrogen and oxygen atoms in total. The third kappa shape index (κ3) is 3.20. The summed E-state index contributed by atoms with van der Waals surface area (Å²) in [5.41, 5.74) is 2.05. The number of methoxy groups -OCH3 is 1. The lowest BCUT2D eigenvalue weighted by molar-refractivity contribution is 0.138. The average Bonchev–Trinajstić information content (AvgIpc) is 3.01. The van der Waals surface area contributed by atoms with Crippen LogP contribution in [0.4, 0.5) is 5.82 Å². The summed E-state index contributed by atoms with van der Waals surface area (Å²) in [6.45, 7) is 2.84. The maximum Gasteiger partial charge on any atom is 0.254 e. The van der Waals surface area contributed by atoms with E-state index in [1.165, 1.54) is 6.33 Å². The molecule has 0 aliphatic carbocycles. The van der Waals surface area contributed by atoms with E-state index < -0.39 is 0 Å². The minimum atomic E-state index is 0.231. The Labute approximate surface area is 146 Å². The van der Waals surface area contributed by atoms with Gasteiger partial charge in [0.2, 0.25) is 0 Å². The molecule has 25 heavy (non-hydrogen) atoms. The Morgan fingerprint density at radius 1 is 1.24 bits per heavy atom. The number of anilines is 1. The van der Waals surface area contributed by atoms with Gasteiger partial charge in [-0.05, 0) is 6.42 Å². The molecule has 1 aliphatic heterocycles. The predicted octanol–water partition coefficient (Wildman–Crippen LogP) is 2.03. The van der Waals surface area contributed by atoms with Crippen molar-refractivity contribution in [1.29, 1.82) is 0 Å². The van der Waals surface area contributed by atoms with Crippen LogP contribution in [0.3, 0.4) is 0 Å². The first-order valence-electron chi connectivity index (χ1n) is 8.46. The highest BCUT2D eigenvalue weighted by atomic mass is 16.5. The molecule has 3 heterocycles. The van der Waals surface area contributed by atoms with Gasteiger partial charge in [0.1, 0.15) is 12.1 Å². The highest BCUT2D eigenvalue weighted by molar-refractivity contribution is 5.66. The highest BCUT2D eigenvalue weighted by Crippen LogP contribution is 2.26. The van der Waals surface area contributed by atoms with Gasteiger partial charge in [0, 0.05) is 31.9 Å². The van der Waals surface area contributed by atoms with Crippen LogP contribution in [0.5, 0.6) is 0 Å². The van der Waals surface area contributed by atoms with E-state index in [0.29, 0.717) is 19.0 Å². The molecule has 3 aromatic rings. The van der Waals surface area contributed by atoms with Crippen LogP contribution < -0.4 is 4.90 Å². The summed E-state index contributed by atoms with van der Waals surface area (Å²) in [5, 5.41) is 4.33. The minimum absolute atomic E-state index is 0.231. The molecule has 0 amide bonds. The van der Waals surface area contributed by atoms with Gasteiger partial charge < -0.3 is 14.4 Å². The lowest BCUT2D eigenvalue weighted by Crippen LogP contribution is -2.39. The summed E-state index contributed by atoms with van der Waals surface area (Å²) < 4.78 is 12.8. The van der Waals surface area contributed by atoms with Crippen LogP contribution in [0, 0.1) is 0 Å². The van der Waals surface area contributed by atoms with Crippen molar-refractivity contribution in [2.24, 2.45) is 0 Å². The van der Waals surface area contributed by atoms with Gasteiger partial charge in [-0.3, -0.25) is 0 Å². The van der Waals surface area contributed by atoms with Crippen LogP contribution in [0.25, 0.3) is 17.0 Å². The van der Waals surface area contributed by atoms with Crippen LogP contribution in [0.2, 0.25) is 0 Å². The maximum atomic E-state index is 5.65. The van der Waals surface area contributed by atoms with Crippen LogP contribution in [-0.4, -0.2) is 59.1 Å². The third-order valence-corrected chi connectivity index (χ3v) is 4.47. The summed E-state index contributed by atoms with van der Waals surface area (Å²) in [5.74, 6) is 1.48. The summed E-state index contributed by atoms with van der Waals surface area (Å²) in [4.78, 5) is 11.3. The smallest absolute Gasteiger partial charge is 0.254 e. The molecule has 1 saturated heterocycles. The summed E-state index contributed by atoms with van der Waals surface area (Å²) >= 11 is 0. The largest absolute Gasteiger partial charge is 0.383 e. The maximum absolute atomic E-state index is 5.65. The van der Waals surface area contributed by atoms with Gasteiger partial charge in [-0.2, -0.15) is 19.6 Å². The van der Waals surface area contributed by atoms with Crippen molar-refractivity contribution in [3.05, 3.63) is 42.7 Å². The van der Waals surface area contributed by atoms with E-state index in [0.717, 1.165) is 36.6 Å². The van der Waals surface area contributed by atoms with Crippen molar-refractivity contribution in [3.63, 3.8) is 0 Å². The first kappa shape index (κ1) is 16.0. The van der Waals surface area contributed by atoms with E-state index in [1.54, 1.807) is 11.6 Å². The number of hydrogen-bond donors (Lipinski definition) is 0. The van der Waals surface area contributed by atoms with Crippen LogP contribution >= 0.6 is 0 Å². The van der Waals surface area contributed by atoms with Crippen LogP contribution in [0.1, 0.15) is 6.42 Å². The lowest BCUT2D eigenvalue weighted by Gasteiger charge is -2.30. The quantitative estimate of drug-likeness (QED) is 0.725. The normalized spacial score (nSPS) is 18.4. The average molecular weight is 339 g/mol. The lowest BCUT2D eigenvalue weighted by atomic mass is 10.1. The summed E-state index contributed by atoms with van der Waals surface area (Å²) in [6.07, 6.45) is 2.45.